The fraction of sp³-hybridized carbons (Fsp3) is 0.310. The van der Waals surface area contributed by atoms with Crippen LogP contribution in [0.25, 0.3) is 0 Å². The summed E-state index contributed by atoms with van der Waals surface area (Å²) >= 11 is 12.0. The number of benzene rings is 3. The summed E-state index contributed by atoms with van der Waals surface area (Å²) in [5.41, 5.74) is 1.81. The van der Waals surface area contributed by atoms with Crippen LogP contribution >= 0.6 is 23.2 Å². The van der Waals surface area contributed by atoms with Gasteiger partial charge in [0.05, 0.1) is 10.6 Å². The van der Waals surface area contributed by atoms with E-state index < -0.39 is 28.5 Å². The molecule has 7 nitrogen and oxygen atoms in total. The van der Waals surface area contributed by atoms with Crippen LogP contribution in [0.4, 0.5) is 5.69 Å². The van der Waals surface area contributed by atoms with Crippen LogP contribution in [0, 0.1) is 6.92 Å². The number of nitrogens with zero attached hydrogens (tertiary/aromatic N) is 2. The largest absolute Gasteiger partial charge is 0.354 e. The zero-order valence-electron chi connectivity index (χ0n) is 22.2. The number of hydrogen-bond donors (Lipinski definition) is 1. The molecule has 0 radical (unpaired) electrons. The van der Waals surface area contributed by atoms with Crippen LogP contribution in [-0.4, -0.2) is 44.3 Å². The monoisotopic (exact) mass is 589 g/mol. The second-order valence-electron chi connectivity index (χ2n) is 9.12. The van der Waals surface area contributed by atoms with Crippen molar-refractivity contribution in [2.75, 3.05) is 17.4 Å². The number of para-hydroxylation sites is 1. The van der Waals surface area contributed by atoms with Crippen molar-refractivity contribution in [3.05, 3.63) is 94.0 Å². The minimum Gasteiger partial charge on any atom is -0.354 e. The third-order valence-corrected chi connectivity index (χ3v) is 8.54. The fourth-order valence-electron chi connectivity index (χ4n) is 4.16. The molecule has 0 saturated heterocycles. The maximum absolute atomic E-state index is 14.0. The topological polar surface area (TPSA) is 86.8 Å². The predicted octanol–water partition coefficient (Wildman–Crippen LogP) is 5.83. The molecule has 0 aliphatic carbocycles. The smallest absolute Gasteiger partial charge is 0.264 e. The van der Waals surface area contributed by atoms with Gasteiger partial charge in [-0.3, -0.25) is 13.9 Å². The average molecular weight is 591 g/mol. The van der Waals surface area contributed by atoms with Crippen molar-refractivity contribution < 1.29 is 18.0 Å². The van der Waals surface area contributed by atoms with Crippen LogP contribution in [-0.2, 0) is 26.2 Å². The fourth-order valence-corrected chi connectivity index (χ4v) is 5.89. The van der Waals surface area contributed by atoms with Crippen molar-refractivity contribution in [3.63, 3.8) is 0 Å². The van der Waals surface area contributed by atoms with Crippen LogP contribution in [0.3, 0.4) is 0 Å². The molecule has 39 heavy (non-hydrogen) atoms. The van der Waals surface area contributed by atoms with E-state index >= 15 is 0 Å². The minimum atomic E-state index is -4.16. The van der Waals surface area contributed by atoms with Crippen molar-refractivity contribution in [1.82, 2.24) is 10.2 Å². The Balaban J connectivity index is 2.05. The van der Waals surface area contributed by atoms with E-state index in [4.69, 9.17) is 23.2 Å². The number of nitrogens with one attached hydrogen (secondary N) is 1. The van der Waals surface area contributed by atoms with Gasteiger partial charge in [-0.05, 0) is 73.4 Å². The number of aryl methyl sites for hydroxylation is 1. The highest BCUT2D eigenvalue weighted by Gasteiger charge is 2.34. The Morgan fingerprint density at radius 3 is 2.05 bits per heavy atom. The summed E-state index contributed by atoms with van der Waals surface area (Å²) in [5, 5.41) is 3.81. The highest BCUT2D eigenvalue weighted by atomic mass is 35.5. The SMILES string of the molecule is CCCNC(=O)C(CC)N(Cc1ccc(Cl)cc1)C(=O)CN(c1ccccc1C)S(=O)(=O)c1ccc(Cl)cc1. The quantitative estimate of drug-likeness (QED) is 0.288. The molecule has 208 valence electrons. The van der Waals surface area contributed by atoms with Gasteiger partial charge >= 0.3 is 0 Å². The second kappa shape index (κ2) is 13.8. The molecule has 2 amide bonds. The lowest BCUT2D eigenvalue weighted by molar-refractivity contribution is -0.140. The van der Waals surface area contributed by atoms with Gasteiger partial charge in [0, 0.05) is 23.1 Å². The Bertz CT molecular complexity index is 1380. The molecule has 0 aliphatic heterocycles. The number of halogens is 2. The second-order valence-corrected chi connectivity index (χ2v) is 11.9. The maximum atomic E-state index is 14.0. The molecule has 0 aromatic heterocycles. The van der Waals surface area contributed by atoms with E-state index in [1.54, 1.807) is 55.5 Å². The molecule has 0 saturated carbocycles. The lowest BCUT2D eigenvalue weighted by atomic mass is 10.1. The Labute approximate surface area is 240 Å². The first-order valence-corrected chi connectivity index (χ1v) is 14.9. The summed E-state index contributed by atoms with van der Waals surface area (Å²) in [6.07, 6.45) is 1.09. The summed E-state index contributed by atoms with van der Waals surface area (Å²) < 4.78 is 28.9. The van der Waals surface area contributed by atoms with Crippen LogP contribution in [0.5, 0.6) is 0 Å². The Hall–Kier alpha value is -3.07. The molecule has 0 fully saturated rings. The number of sulfonamides is 1. The molecular weight excluding hydrogens is 557 g/mol. The highest BCUT2D eigenvalue weighted by Crippen LogP contribution is 2.28. The van der Waals surface area contributed by atoms with Gasteiger partial charge < -0.3 is 10.2 Å². The summed E-state index contributed by atoms with van der Waals surface area (Å²) in [6, 6.07) is 18.9. The molecule has 3 aromatic rings. The average Bonchev–Trinajstić information content (AvgIpc) is 2.92. The molecule has 0 heterocycles. The zero-order valence-corrected chi connectivity index (χ0v) is 24.6. The molecule has 3 aromatic carbocycles. The van der Waals surface area contributed by atoms with E-state index in [0.717, 1.165) is 16.3 Å². The van der Waals surface area contributed by atoms with Crippen LogP contribution in [0.1, 0.15) is 37.8 Å². The number of anilines is 1. The summed E-state index contributed by atoms with van der Waals surface area (Å²) in [4.78, 5) is 28.6. The van der Waals surface area contributed by atoms with E-state index in [1.807, 2.05) is 13.8 Å². The molecule has 1 atom stereocenters. The standard InChI is InChI=1S/C29H33Cl2N3O4S/c1-4-18-32-29(36)26(5-2)33(19-22-10-12-23(30)13-11-22)28(35)20-34(27-9-7-6-8-21(27)3)39(37,38)25-16-14-24(31)15-17-25/h6-17,26H,4-5,18-20H2,1-3H3,(H,32,36). The summed E-state index contributed by atoms with van der Waals surface area (Å²) in [6.45, 7) is 5.63. The maximum Gasteiger partial charge on any atom is 0.264 e. The Morgan fingerprint density at radius 1 is 0.897 bits per heavy atom. The van der Waals surface area contributed by atoms with Crippen molar-refractivity contribution in [2.45, 2.75) is 51.1 Å². The first-order valence-electron chi connectivity index (χ1n) is 12.7. The molecule has 0 bridgehead atoms. The number of amides is 2. The van der Waals surface area contributed by atoms with E-state index in [1.165, 1.54) is 29.2 Å². The Kier molecular flexibility index (Phi) is 10.8. The van der Waals surface area contributed by atoms with E-state index in [9.17, 15) is 18.0 Å². The van der Waals surface area contributed by atoms with Gasteiger partial charge in [0.1, 0.15) is 12.6 Å². The highest BCUT2D eigenvalue weighted by molar-refractivity contribution is 7.92. The summed E-state index contributed by atoms with van der Waals surface area (Å²) in [7, 11) is -4.16. The van der Waals surface area contributed by atoms with Gasteiger partial charge in [0.15, 0.2) is 0 Å². The van der Waals surface area contributed by atoms with Gasteiger partial charge in [-0.2, -0.15) is 0 Å². The third-order valence-electron chi connectivity index (χ3n) is 6.27. The van der Waals surface area contributed by atoms with Crippen LogP contribution in [0.15, 0.2) is 77.7 Å². The molecule has 1 unspecified atom stereocenters. The molecule has 0 aliphatic rings. The predicted molar refractivity (Wildman–Crippen MR) is 157 cm³/mol. The number of rotatable bonds is 12. The van der Waals surface area contributed by atoms with Gasteiger partial charge in [0.2, 0.25) is 11.8 Å². The van der Waals surface area contributed by atoms with E-state index in [2.05, 4.69) is 5.32 Å². The Morgan fingerprint density at radius 2 is 1.49 bits per heavy atom. The third kappa shape index (κ3) is 7.75. The zero-order chi connectivity index (χ0) is 28.6. The van der Waals surface area contributed by atoms with Crippen LogP contribution < -0.4 is 9.62 Å². The van der Waals surface area contributed by atoms with Crippen molar-refractivity contribution in [1.29, 1.82) is 0 Å². The first-order chi connectivity index (χ1) is 18.6. The number of hydrogen-bond acceptors (Lipinski definition) is 4. The van der Waals surface area contributed by atoms with E-state index in [-0.39, 0.29) is 17.3 Å². The molecule has 0 spiro atoms. The lowest BCUT2D eigenvalue weighted by Gasteiger charge is -2.33. The first kappa shape index (κ1) is 30.5. The summed E-state index contributed by atoms with van der Waals surface area (Å²) in [5.74, 6) is -0.797. The molecule has 10 heteroatoms. The lowest BCUT2D eigenvalue weighted by Crippen LogP contribution is -2.52. The van der Waals surface area contributed by atoms with Crippen molar-refractivity contribution in [2.24, 2.45) is 0 Å². The minimum absolute atomic E-state index is 0.0000605. The number of carbonyl (C=O) groups excluding carboxylic acids is 2. The van der Waals surface area contributed by atoms with Crippen LogP contribution in [0.2, 0.25) is 10.0 Å². The number of carbonyl (C=O) groups is 2. The van der Waals surface area contributed by atoms with Gasteiger partial charge in [-0.15, -0.1) is 0 Å². The van der Waals surface area contributed by atoms with Gasteiger partial charge in [-0.1, -0.05) is 67.4 Å². The van der Waals surface area contributed by atoms with E-state index in [0.29, 0.717) is 34.3 Å². The normalized spacial score (nSPS) is 12.0. The van der Waals surface area contributed by atoms with Crippen molar-refractivity contribution in [3.8, 4) is 0 Å². The molecule has 1 N–H and O–H groups in total. The molecular formula is C29H33Cl2N3O4S. The molecule has 3 rings (SSSR count). The van der Waals surface area contributed by atoms with Gasteiger partial charge in [-0.25, -0.2) is 8.42 Å². The van der Waals surface area contributed by atoms with Crippen molar-refractivity contribution >= 4 is 50.7 Å². The van der Waals surface area contributed by atoms with Gasteiger partial charge in [0.25, 0.3) is 10.0 Å².